The predicted octanol–water partition coefficient (Wildman–Crippen LogP) is 3.60. The van der Waals surface area contributed by atoms with E-state index in [1.807, 2.05) is 36.4 Å². The van der Waals surface area contributed by atoms with Gasteiger partial charge in [0.15, 0.2) is 0 Å². The summed E-state index contributed by atoms with van der Waals surface area (Å²) in [6.07, 6.45) is 1.71. The van der Waals surface area contributed by atoms with Gasteiger partial charge < -0.3 is 10.3 Å². The first kappa shape index (κ1) is 12.0. The molecule has 5 nitrogen and oxygen atoms in total. The second-order valence-corrected chi connectivity index (χ2v) is 5.46. The van der Waals surface area contributed by atoms with Gasteiger partial charge >= 0.3 is 0 Å². The van der Waals surface area contributed by atoms with Gasteiger partial charge in [-0.3, -0.25) is 4.98 Å². The van der Waals surface area contributed by atoms with E-state index < -0.39 is 0 Å². The zero-order valence-corrected chi connectivity index (χ0v) is 11.7. The molecule has 2 heterocycles. The number of nitrogen functional groups attached to an aromatic ring is 1. The van der Waals surface area contributed by atoms with Gasteiger partial charge in [-0.2, -0.15) is 4.98 Å². The van der Waals surface area contributed by atoms with Crippen LogP contribution in [-0.2, 0) is 0 Å². The van der Waals surface area contributed by atoms with Crippen LogP contribution in [0.5, 0.6) is 0 Å². The van der Waals surface area contributed by atoms with Crippen LogP contribution in [-0.4, -0.2) is 15.1 Å². The van der Waals surface area contributed by atoms with E-state index in [0.29, 0.717) is 17.4 Å². The van der Waals surface area contributed by atoms with E-state index >= 15 is 0 Å². The minimum atomic E-state index is 0.418. The van der Waals surface area contributed by atoms with Gasteiger partial charge in [0, 0.05) is 11.9 Å². The summed E-state index contributed by atoms with van der Waals surface area (Å²) in [5, 5.41) is 6.15. The first-order chi connectivity index (χ1) is 10.3. The molecule has 2 aromatic heterocycles. The molecule has 102 valence electrons. The van der Waals surface area contributed by atoms with Gasteiger partial charge in [0.25, 0.3) is 5.89 Å². The van der Waals surface area contributed by atoms with Crippen LogP contribution >= 0.6 is 11.3 Å². The van der Waals surface area contributed by atoms with Crippen molar-refractivity contribution in [3.05, 3.63) is 48.1 Å². The molecular weight excluding hydrogens is 284 g/mol. The highest BCUT2D eigenvalue weighted by Gasteiger charge is 2.14. The van der Waals surface area contributed by atoms with Crippen molar-refractivity contribution >= 4 is 27.8 Å². The highest BCUT2D eigenvalue weighted by molar-refractivity contribution is 7.13. The number of hydrogen-bond acceptors (Lipinski definition) is 6. The smallest absolute Gasteiger partial charge is 0.260 e. The van der Waals surface area contributed by atoms with Crippen molar-refractivity contribution in [2.45, 2.75) is 0 Å². The molecule has 0 aliphatic rings. The summed E-state index contributed by atoms with van der Waals surface area (Å²) in [5.74, 6) is 0.946. The van der Waals surface area contributed by atoms with Crippen LogP contribution in [0.3, 0.4) is 0 Å². The maximum atomic E-state index is 6.11. The van der Waals surface area contributed by atoms with Gasteiger partial charge in [-0.1, -0.05) is 29.4 Å². The lowest BCUT2D eigenvalue weighted by atomic mass is 10.1. The molecule has 6 heteroatoms. The molecule has 0 aliphatic heterocycles. The van der Waals surface area contributed by atoms with Crippen LogP contribution in [0.15, 0.2) is 52.6 Å². The largest absolute Gasteiger partial charge is 0.398 e. The van der Waals surface area contributed by atoms with Gasteiger partial charge in [-0.25, -0.2) is 0 Å². The highest BCUT2D eigenvalue weighted by Crippen LogP contribution is 2.31. The Morgan fingerprint density at radius 1 is 1.10 bits per heavy atom. The molecule has 2 N–H and O–H groups in total. The second kappa shape index (κ2) is 4.68. The maximum Gasteiger partial charge on any atom is 0.260 e. The first-order valence-corrected chi connectivity index (χ1v) is 7.20. The first-order valence-electron chi connectivity index (χ1n) is 6.32. The molecule has 0 saturated heterocycles. The fourth-order valence-corrected chi connectivity index (χ4v) is 2.75. The summed E-state index contributed by atoms with van der Waals surface area (Å²) in [7, 11) is 0. The van der Waals surface area contributed by atoms with E-state index in [9.17, 15) is 0 Å². The summed E-state index contributed by atoms with van der Waals surface area (Å²) in [4.78, 5) is 9.28. The van der Waals surface area contributed by atoms with Gasteiger partial charge in [0.1, 0.15) is 0 Å². The summed E-state index contributed by atoms with van der Waals surface area (Å²) < 4.78 is 5.34. The van der Waals surface area contributed by atoms with Crippen LogP contribution < -0.4 is 5.73 Å². The van der Waals surface area contributed by atoms with Crippen molar-refractivity contribution in [2.24, 2.45) is 0 Å². The molecule has 0 fully saturated rings. The molecule has 0 bridgehead atoms. The standard InChI is InChI=1S/C15H10N4OS/c16-12-6-10-4-2-1-3-9(10)5-11(12)15-18-14(19-20-15)13-7-17-8-21-13/h1-8H,16H2. The summed E-state index contributed by atoms with van der Waals surface area (Å²) in [6, 6.07) is 11.9. The Morgan fingerprint density at radius 2 is 1.90 bits per heavy atom. The zero-order valence-electron chi connectivity index (χ0n) is 10.9. The monoisotopic (exact) mass is 294 g/mol. The molecule has 0 saturated carbocycles. The van der Waals surface area contributed by atoms with E-state index in [1.54, 1.807) is 11.7 Å². The van der Waals surface area contributed by atoms with E-state index in [1.165, 1.54) is 11.3 Å². The average Bonchev–Trinajstić information content (AvgIpc) is 3.17. The minimum absolute atomic E-state index is 0.418. The van der Waals surface area contributed by atoms with Crippen molar-refractivity contribution in [2.75, 3.05) is 5.73 Å². The van der Waals surface area contributed by atoms with Crippen LogP contribution in [0.1, 0.15) is 0 Å². The molecule has 0 atom stereocenters. The number of nitrogens with two attached hydrogens (primary N) is 1. The third-order valence-corrected chi connectivity index (χ3v) is 4.00. The van der Waals surface area contributed by atoms with E-state index in [2.05, 4.69) is 15.1 Å². The van der Waals surface area contributed by atoms with Crippen molar-refractivity contribution in [3.63, 3.8) is 0 Å². The summed E-state index contributed by atoms with van der Waals surface area (Å²) >= 11 is 1.46. The SMILES string of the molecule is Nc1cc2ccccc2cc1-c1nc(-c2cncs2)no1. The number of nitrogens with zero attached hydrogens (tertiary/aromatic N) is 3. The Labute approximate surface area is 124 Å². The third kappa shape index (κ3) is 2.05. The number of anilines is 1. The third-order valence-electron chi connectivity index (χ3n) is 3.23. The maximum absolute atomic E-state index is 6.11. The summed E-state index contributed by atoms with van der Waals surface area (Å²) in [5.41, 5.74) is 9.21. The predicted molar refractivity (Wildman–Crippen MR) is 82.8 cm³/mol. The van der Waals surface area contributed by atoms with Crippen LogP contribution in [0.25, 0.3) is 32.9 Å². The Bertz CT molecular complexity index is 914. The Hall–Kier alpha value is -2.73. The highest BCUT2D eigenvalue weighted by atomic mass is 32.1. The van der Waals surface area contributed by atoms with E-state index in [-0.39, 0.29) is 0 Å². The van der Waals surface area contributed by atoms with Gasteiger partial charge in [0.2, 0.25) is 5.82 Å². The van der Waals surface area contributed by atoms with Gasteiger partial charge in [-0.05, 0) is 22.9 Å². The lowest BCUT2D eigenvalue weighted by Gasteiger charge is -2.03. The molecule has 4 rings (SSSR count). The van der Waals surface area contributed by atoms with E-state index in [0.717, 1.165) is 21.2 Å². The molecular formula is C15H10N4OS. The molecule has 0 unspecified atom stereocenters. The molecule has 2 aromatic carbocycles. The number of fused-ring (bicyclic) bond motifs is 1. The fourth-order valence-electron chi connectivity index (χ4n) is 2.20. The number of hydrogen-bond donors (Lipinski definition) is 1. The normalized spacial score (nSPS) is 11.0. The topological polar surface area (TPSA) is 77.8 Å². The molecule has 0 radical (unpaired) electrons. The Balaban J connectivity index is 1.85. The van der Waals surface area contributed by atoms with Crippen molar-refractivity contribution in [3.8, 4) is 22.2 Å². The van der Waals surface area contributed by atoms with Crippen LogP contribution in [0.4, 0.5) is 5.69 Å². The van der Waals surface area contributed by atoms with Crippen LogP contribution in [0, 0.1) is 0 Å². The minimum Gasteiger partial charge on any atom is -0.398 e. The average molecular weight is 294 g/mol. The molecule has 0 spiro atoms. The van der Waals surface area contributed by atoms with Crippen molar-refractivity contribution < 1.29 is 4.52 Å². The molecule has 4 aromatic rings. The fraction of sp³-hybridized carbons (Fsp3) is 0. The number of thiazole rings is 1. The number of aromatic nitrogens is 3. The Morgan fingerprint density at radius 3 is 2.67 bits per heavy atom. The lowest BCUT2D eigenvalue weighted by Crippen LogP contribution is -1.90. The summed E-state index contributed by atoms with van der Waals surface area (Å²) in [6.45, 7) is 0. The second-order valence-electron chi connectivity index (χ2n) is 4.58. The number of benzene rings is 2. The van der Waals surface area contributed by atoms with Crippen LogP contribution in [0.2, 0.25) is 0 Å². The van der Waals surface area contributed by atoms with E-state index in [4.69, 9.17) is 10.3 Å². The quantitative estimate of drug-likeness (QED) is 0.571. The zero-order chi connectivity index (χ0) is 14.2. The molecule has 21 heavy (non-hydrogen) atoms. The van der Waals surface area contributed by atoms with Gasteiger partial charge in [0.05, 0.1) is 16.0 Å². The van der Waals surface area contributed by atoms with Crippen molar-refractivity contribution in [1.82, 2.24) is 15.1 Å². The Kier molecular flexibility index (Phi) is 2.68. The lowest BCUT2D eigenvalue weighted by molar-refractivity contribution is 0.432. The van der Waals surface area contributed by atoms with Crippen molar-refractivity contribution in [1.29, 1.82) is 0 Å². The number of rotatable bonds is 2. The van der Waals surface area contributed by atoms with Gasteiger partial charge in [-0.15, -0.1) is 11.3 Å². The molecule has 0 aliphatic carbocycles. The molecule has 0 amide bonds.